The van der Waals surface area contributed by atoms with E-state index in [4.69, 9.17) is 14.4 Å². The van der Waals surface area contributed by atoms with Crippen molar-refractivity contribution < 1.29 is 24.4 Å². The molecule has 1 spiro atoms. The van der Waals surface area contributed by atoms with Gasteiger partial charge < -0.3 is 9.47 Å². The third-order valence-corrected chi connectivity index (χ3v) is 6.46. The van der Waals surface area contributed by atoms with Crippen LogP contribution in [0.3, 0.4) is 0 Å². The quantitative estimate of drug-likeness (QED) is 0.652. The summed E-state index contributed by atoms with van der Waals surface area (Å²) in [5, 5.41) is 10.00. The van der Waals surface area contributed by atoms with Crippen LogP contribution in [0, 0.1) is 0 Å². The van der Waals surface area contributed by atoms with Crippen LogP contribution in [0.5, 0.6) is 11.5 Å². The Kier molecular flexibility index (Phi) is 2.64. The molecule has 4 aliphatic rings. The molecule has 126 valence electrons. The molecule has 24 heavy (non-hydrogen) atoms. The number of carbonyl (C=O) groups excluding carboxylic acids is 1. The molecule has 0 radical (unpaired) electrons. The van der Waals surface area contributed by atoms with Gasteiger partial charge in [-0.25, -0.2) is 4.89 Å². The average molecular weight is 329 g/mol. The van der Waals surface area contributed by atoms with Gasteiger partial charge in [-0.05, 0) is 50.2 Å². The molecule has 4 atom stereocenters. The van der Waals surface area contributed by atoms with Gasteiger partial charge in [-0.2, -0.15) is 0 Å². The van der Waals surface area contributed by atoms with Gasteiger partial charge in [0.15, 0.2) is 29.0 Å². The number of methoxy groups -OCH3 is 1. The molecule has 2 bridgehead atoms. The Labute approximate surface area is 139 Å². The Morgan fingerprint density at radius 3 is 3.00 bits per heavy atom. The van der Waals surface area contributed by atoms with Crippen LogP contribution in [0.15, 0.2) is 24.3 Å². The third-order valence-electron chi connectivity index (χ3n) is 6.46. The van der Waals surface area contributed by atoms with Gasteiger partial charge in [0.1, 0.15) is 0 Å². The molecule has 0 aromatic heterocycles. The normalized spacial score (nSPS) is 38.7. The molecule has 0 saturated carbocycles. The summed E-state index contributed by atoms with van der Waals surface area (Å²) in [6.07, 6.45) is 3.95. The highest BCUT2D eigenvalue weighted by Gasteiger charge is 2.73. The fourth-order valence-electron chi connectivity index (χ4n) is 5.42. The fraction of sp³-hybridized carbons (Fsp3) is 0.500. The molecular weight excluding hydrogens is 310 g/mol. The first kappa shape index (κ1) is 14.5. The third kappa shape index (κ3) is 1.30. The maximum atomic E-state index is 12.7. The van der Waals surface area contributed by atoms with E-state index in [1.54, 1.807) is 13.2 Å². The molecular formula is C18H19NO5. The van der Waals surface area contributed by atoms with Crippen molar-refractivity contribution in [3.8, 4) is 11.5 Å². The van der Waals surface area contributed by atoms with E-state index >= 15 is 0 Å². The number of piperidine rings is 1. The van der Waals surface area contributed by atoms with E-state index in [0.29, 0.717) is 17.9 Å². The number of ether oxygens (including phenoxy) is 2. The molecule has 2 heterocycles. The fourth-order valence-corrected chi connectivity index (χ4v) is 5.42. The number of ketones is 1. The summed E-state index contributed by atoms with van der Waals surface area (Å²) in [6, 6.07) is 3.88. The summed E-state index contributed by atoms with van der Waals surface area (Å²) in [7, 11) is 3.63. The summed E-state index contributed by atoms with van der Waals surface area (Å²) in [6.45, 7) is 0.812. The highest BCUT2D eigenvalue weighted by Crippen LogP contribution is 2.64. The zero-order chi connectivity index (χ0) is 16.7. The number of likely N-dealkylation sites (N-methyl/N-ethyl adjacent to an activating group) is 1. The van der Waals surface area contributed by atoms with Crippen molar-refractivity contribution in [2.45, 2.75) is 36.0 Å². The lowest BCUT2D eigenvalue weighted by atomic mass is 9.51. The molecule has 1 saturated heterocycles. The van der Waals surface area contributed by atoms with Gasteiger partial charge in [0, 0.05) is 5.56 Å². The number of benzene rings is 1. The van der Waals surface area contributed by atoms with E-state index in [9.17, 15) is 10.1 Å². The van der Waals surface area contributed by atoms with Crippen molar-refractivity contribution in [3.63, 3.8) is 0 Å². The summed E-state index contributed by atoms with van der Waals surface area (Å²) in [5.74, 6) is 1.16. The van der Waals surface area contributed by atoms with Crippen LogP contribution in [0.1, 0.15) is 17.5 Å². The van der Waals surface area contributed by atoms with E-state index in [0.717, 1.165) is 24.1 Å². The SMILES string of the molecule is COc1ccc2c3c1O[C@H]1C(=O)C=C[C@@]4(OO)[C@@H](C2)N(C)CC[C@]314. The van der Waals surface area contributed by atoms with E-state index in [-0.39, 0.29) is 11.8 Å². The first-order valence-corrected chi connectivity index (χ1v) is 8.22. The van der Waals surface area contributed by atoms with E-state index in [1.807, 2.05) is 19.2 Å². The van der Waals surface area contributed by atoms with E-state index < -0.39 is 17.1 Å². The van der Waals surface area contributed by atoms with Crippen LogP contribution in [-0.4, -0.2) is 54.4 Å². The highest BCUT2D eigenvalue weighted by molar-refractivity contribution is 5.99. The maximum Gasteiger partial charge on any atom is 0.196 e. The molecule has 6 heteroatoms. The molecule has 0 unspecified atom stereocenters. The Morgan fingerprint density at radius 1 is 1.42 bits per heavy atom. The van der Waals surface area contributed by atoms with Crippen LogP contribution >= 0.6 is 0 Å². The molecule has 1 fully saturated rings. The van der Waals surface area contributed by atoms with E-state index in [2.05, 4.69) is 4.90 Å². The molecule has 0 amide bonds. The van der Waals surface area contributed by atoms with Crippen molar-refractivity contribution >= 4 is 5.78 Å². The maximum absolute atomic E-state index is 12.7. The second-order valence-corrected chi connectivity index (χ2v) is 7.17. The summed E-state index contributed by atoms with van der Waals surface area (Å²) in [4.78, 5) is 20.0. The van der Waals surface area contributed by atoms with Crippen molar-refractivity contribution in [1.29, 1.82) is 0 Å². The topological polar surface area (TPSA) is 68.2 Å². The van der Waals surface area contributed by atoms with Gasteiger partial charge in [-0.15, -0.1) is 0 Å². The van der Waals surface area contributed by atoms with Crippen molar-refractivity contribution in [3.05, 3.63) is 35.4 Å². The van der Waals surface area contributed by atoms with Gasteiger partial charge in [-0.3, -0.25) is 15.0 Å². The molecule has 5 rings (SSSR count). The predicted molar refractivity (Wildman–Crippen MR) is 84.4 cm³/mol. The number of nitrogens with zero attached hydrogens (tertiary/aromatic N) is 1. The van der Waals surface area contributed by atoms with Crippen molar-refractivity contribution in [1.82, 2.24) is 4.90 Å². The lowest BCUT2D eigenvalue weighted by Crippen LogP contribution is -2.75. The Balaban J connectivity index is 1.89. The Hall–Kier alpha value is -1.89. The minimum Gasteiger partial charge on any atom is -0.493 e. The standard InChI is InChI=1S/C18H19NO5/c1-19-8-7-17-14-10-3-4-12(22-2)15(14)23-16(17)11(20)5-6-18(17,24-21)13(19)9-10/h3-6,13,16,21H,7-9H2,1-2H3/t13-,16+,17+,18-/m1/s1. The smallest absolute Gasteiger partial charge is 0.196 e. The molecule has 1 aromatic carbocycles. The minimum absolute atomic E-state index is 0.0569. The number of carbonyl (C=O) groups is 1. The van der Waals surface area contributed by atoms with Crippen LogP contribution < -0.4 is 9.47 Å². The van der Waals surface area contributed by atoms with Crippen LogP contribution in [0.4, 0.5) is 0 Å². The monoisotopic (exact) mass is 329 g/mol. The average Bonchev–Trinajstić information content (AvgIpc) is 2.95. The number of likely N-dealkylation sites (tertiary alicyclic amines) is 1. The summed E-state index contributed by atoms with van der Waals surface area (Å²) >= 11 is 0. The molecule has 1 N–H and O–H groups in total. The molecule has 6 nitrogen and oxygen atoms in total. The summed E-state index contributed by atoms with van der Waals surface area (Å²) < 4.78 is 11.6. The molecule has 1 aromatic rings. The van der Waals surface area contributed by atoms with Gasteiger partial charge in [0.25, 0.3) is 0 Å². The van der Waals surface area contributed by atoms with Crippen LogP contribution in [-0.2, 0) is 21.5 Å². The molecule has 2 aliphatic heterocycles. The minimum atomic E-state index is -0.983. The lowest BCUT2D eigenvalue weighted by Gasteiger charge is -2.60. The van der Waals surface area contributed by atoms with Crippen LogP contribution in [0.2, 0.25) is 0 Å². The van der Waals surface area contributed by atoms with Crippen LogP contribution in [0.25, 0.3) is 0 Å². The summed E-state index contributed by atoms with van der Waals surface area (Å²) in [5.41, 5.74) is 0.425. The largest absolute Gasteiger partial charge is 0.493 e. The zero-order valence-electron chi connectivity index (χ0n) is 13.6. The lowest BCUT2D eigenvalue weighted by molar-refractivity contribution is -0.353. The Morgan fingerprint density at radius 2 is 2.25 bits per heavy atom. The predicted octanol–water partition coefficient (Wildman–Crippen LogP) is 1.32. The second-order valence-electron chi connectivity index (χ2n) is 7.17. The second kappa shape index (κ2) is 4.39. The molecule has 2 aliphatic carbocycles. The van der Waals surface area contributed by atoms with Crippen molar-refractivity contribution in [2.75, 3.05) is 20.7 Å². The van der Waals surface area contributed by atoms with E-state index in [1.165, 1.54) is 6.08 Å². The Bertz CT molecular complexity index is 790. The number of hydrogen-bond donors (Lipinski definition) is 1. The van der Waals surface area contributed by atoms with Gasteiger partial charge >= 0.3 is 0 Å². The van der Waals surface area contributed by atoms with Gasteiger partial charge in [0.05, 0.1) is 18.6 Å². The number of rotatable bonds is 2. The number of hydrogen-bond acceptors (Lipinski definition) is 6. The van der Waals surface area contributed by atoms with Gasteiger partial charge in [0.2, 0.25) is 0 Å². The van der Waals surface area contributed by atoms with Crippen molar-refractivity contribution in [2.24, 2.45) is 0 Å². The first-order valence-electron chi connectivity index (χ1n) is 8.22. The van der Waals surface area contributed by atoms with Gasteiger partial charge in [-0.1, -0.05) is 6.07 Å². The first-order chi connectivity index (χ1) is 11.6. The zero-order valence-corrected chi connectivity index (χ0v) is 13.6. The highest BCUT2D eigenvalue weighted by atomic mass is 17.1.